The average Bonchev–Trinajstić information content (AvgIpc) is 1.54. The Labute approximate surface area is 633 Å². The molecule has 0 fully saturated rings. The van der Waals surface area contributed by atoms with Crippen molar-refractivity contribution in [3.8, 4) is 111 Å². The highest BCUT2D eigenvalue weighted by Gasteiger charge is 2.44. The van der Waals surface area contributed by atoms with E-state index in [9.17, 15) is 0 Å². The molecule has 4 aliphatic carbocycles. The molecule has 22 rings (SSSR count). The molecule has 18 aromatic carbocycles. The minimum absolute atomic E-state index is 0.000305. The Morgan fingerprint density at radius 1 is 0.139 bits per heavy atom. The Morgan fingerprint density at radius 3 is 0.991 bits per heavy atom. The van der Waals surface area contributed by atoms with E-state index in [1.54, 1.807) is 0 Å². The summed E-state index contributed by atoms with van der Waals surface area (Å²) in [6.07, 6.45) is 0. The van der Waals surface area contributed by atoms with Gasteiger partial charge in [0.1, 0.15) is 0 Å². The van der Waals surface area contributed by atoms with E-state index in [0.29, 0.717) is 0 Å². The third kappa shape index (κ3) is 9.75. The highest BCUT2D eigenvalue weighted by atomic mass is 14.5. The average molecular weight is 1380 g/mol. The summed E-state index contributed by atoms with van der Waals surface area (Å²) in [6, 6.07) is 128. The van der Waals surface area contributed by atoms with Crippen molar-refractivity contribution in [2.75, 3.05) is 0 Å². The first-order chi connectivity index (χ1) is 52.5. The SMILES string of the molecule is CC1(C)c2ccccc2-c2cc3c(cc21)C(C)(C)c1cc(-c2cccc(-c4ccc5cc(-c6ccc7ccccc7c6)ccc5c4)c2)ccc1-3.CC1(C)c2ccccc2-c2cc3c(cc21)C(C)(C)c1ccc(-c2cccc(-c4ccc5cc(-c6cc7ccc8ccccc8c7c7ccccc67)ccc5c4)c2)cc1-3. The fourth-order valence-corrected chi connectivity index (χ4v) is 19.7. The molecule has 0 radical (unpaired) electrons. The van der Waals surface area contributed by atoms with Crippen molar-refractivity contribution in [3.63, 3.8) is 0 Å². The Kier molecular flexibility index (Phi) is 13.9. The van der Waals surface area contributed by atoms with Gasteiger partial charge < -0.3 is 0 Å². The van der Waals surface area contributed by atoms with Gasteiger partial charge >= 0.3 is 0 Å². The fraction of sp³-hybridized carbons (Fsp3) is 0.111. The second-order valence-electron chi connectivity index (χ2n) is 33.1. The van der Waals surface area contributed by atoms with E-state index in [-0.39, 0.29) is 21.7 Å². The molecule has 0 N–H and O–H groups in total. The number of hydrogen-bond acceptors (Lipinski definition) is 0. The number of hydrogen-bond donors (Lipinski definition) is 0. The Morgan fingerprint density at radius 2 is 0.454 bits per heavy atom. The highest BCUT2D eigenvalue weighted by Crippen LogP contribution is 2.59. The van der Waals surface area contributed by atoms with Gasteiger partial charge in [0.2, 0.25) is 0 Å². The molecule has 0 spiro atoms. The molecule has 0 unspecified atom stereocenters. The summed E-state index contributed by atoms with van der Waals surface area (Å²) in [5.41, 5.74) is 37.3. The summed E-state index contributed by atoms with van der Waals surface area (Å²) in [7, 11) is 0. The topological polar surface area (TPSA) is 0 Å². The molecule has 0 amide bonds. The molecule has 512 valence electrons. The fourth-order valence-electron chi connectivity index (χ4n) is 19.7. The number of benzene rings is 18. The molecule has 0 nitrogen and oxygen atoms in total. The molecular weight excluding hydrogens is 1300 g/mol. The minimum Gasteiger partial charge on any atom is -0.0619 e. The van der Waals surface area contributed by atoms with Crippen molar-refractivity contribution in [2.45, 2.75) is 77.0 Å². The lowest BCUT2D eigenvalue weighted by Crippen LogP contribution is -2.18. The smallest absolute Gasteiger partial charge is 0.0159 e. The first-order valence-electron chi connectivity index (χ1n) is 38.5. The van der Waals surface area contributed by atoms with Gasteiger partial charge in [-0.25, -0.2) is 0 Å². The van der Waals surface area contributed by atoms with Crippen LogP contribution >= 0.6 is 0 Å². The summed E-state index contributed by atoms with van der Waals surface area (Å²) in [6.45, 7) is 19.1. The van der Waals surface area contributed by atoms with Crippen molar-refractivity contribution in [1.82, 2.24) is 0 Å². The van der Waals surface area contributed by atoms with Gasteiger partial charge in [-0.1, -0.05) is 322 Å². The quantitative estimate of drug-likeness (QED) is 0.146. The van der Waals surface area contributed by atoms with E-state index < -0.39 is 0 Å². The van der Waals surface area contributed by atoms with Gasteiger partial charge in [0.25, 0.3) is 0 Å². The van der Waals surface area contributed by atoms with Crippen molar-refractivity contribution in [1.29, 1.82) is 0 Å². The van der Waals surface area contributed by atoms with Crippen molar-refractivity contribution in [3.05, 3.63) is 384 Å². The second-order valence-corrected chi connectivity index (χ2v) is 33.1. The van der Waals surface area contributed by atoms with Crippen molar-refractivity contribution < 1.29 is 0 Å². The Balaban J connectivity index is 0.000000139. The van der Waals surface area contributed by atoms with Gasteiger partial charge in [-0.15, -0.1) is 0 Å². The molecular formula is C108H80. The third-order valence-electron chi connectivity index (χ3n) is 25.6. The largest absolute Gasteiger partial charge is 0.0619 e. The summed E-state index contributed by atoms with van der Waals surface area (Å²) in [5.74, 6) is 0. The van der Waals surface area contributed by atoms with E-state index in [1.165, 1.54) is 220 Å². The van der Waals surface area contributed by atoms with Crippen LogP contribution in [0.2, 0.25) is 0 Å². The molecule has 0 heteroatoms. The molecule has 108 heavy (non-hydrogen) atoms. The van der Waals surface area contributed by atoms with Crippen LogP contribution in [0, 0.1) is 0 Å². The zero-order valence-electron chi connectivity index (χ0n) is 62.3. The zero-order valence-corrected chi connectivity index (χ0v) is 62.3. The van der Waals surface area contributed by atoms with Crippen molar-refractivity contribution in [2.24, 2.45) is 0 Å². The molecule has 0 aliphatic heterocycles. The number of fused-ring (bicyclic) bond motifs is 20. The molecule has 0 saturated carbocycles. The Bertz CT molecular complexity index is 6920. The van der Waals surface area contributed by atoms with E-state index in [1.807, 2.05) is 0 Å². The van der Waals surface area contributed by atoms with Crippen LogP contribution in [0.1, 0.15) is 99.9 Å². The molecule has 0 bridgehead atoms. The maximum Gasteiger partial charge on any atom is 0.0159 e. The van der Waals surface area contributed by atoms with Crippen LogP contribution in [-0.2, 0) is 21.7 Å². The summed E-state index contributed by atoms with van der Waals surface area (Å²) >= 11 is 0. The predicted molar refractivity (Wildman–Crippen MR) is 461 cm³/mol. The summed E-state index contributed by atoms with van der Waals surface area (Å²) in [5, 5.41) is 15.3. The van der Waals surface area contributed by atoms with Gasteiger partial charge in [-0.3, -0.25) is 0 Å². The van der Waals surface area contributed by atoms with Crippen LogP contribution in [0.25, 0.3) is 176 Å². The van der Waals surface area contributed by atoms with Crippen molar-refractivity contribution >= 4 is 64.6 Å². The maximum atomic E-state index is 2.53. The molecule has 4 aliphatic rings. The lowest BCUT2D eigenvalue weighted by atomic mass is 9.77. The first kappa shape index (κ1) is 63.9. The van der Waals surface area contributed by atoms with E-state index in [2.05, 4.69) is 395 Å². The lowest BCUT2D eigenvalue weighted by Gasteiger charge is -2.26. The predicted octanol–water partition coefficient (Wildman–Crippen LogP) is 29.5. The van der Waals surface area contributed by atoms with Crippen LogP contribution in [0.15, 0.2) is 340 Å². The van der Waals surface area contributed by atoms with Gasteiger partial charge in [-0.05, 0) is 293 Å². The van der Waals surface area contributed by atoms with Crippen LogP contribution in [-0.4, -0.2) is 0 Å². The third-order valence-corrected chi connectivity index (χ3v) is 25.6. The van der Waals surface area contributed by atoms with E-state index in [4.69, 9.17) is 0 Å². The van der Waals surface area contributed by atoms with Gasteiger partial charge in [0, 0.05) is 21.7 Å². The summed E-state index contributed by atoms with van der Waals surface area (Å²) < 4.78 is 0. The minimum atomic E-state index is -0.0811. The normalized spacial score (nSPS) is 14.6. The monoisotopic (exact) mass is 1380 g/mol. The molecule has 0 atom stereocenters. The lowest BCUT2D eigenvalue weighted by molar-refractivity contribution is 0.639. The van der Waals surface area contributed by atoms with Crippen LogP contribution < -0.4 is 0 Å². The van der Waals surface area contributed by atoms with E-state index in [0.717, 1.165) is 0 Å². The molecule has 0 aromatic heterocycles. The van der Waals surface area contributed by atoms with Gasteiger partial charge in [0.15, 0.2) is 0 Å². The maximum absolute atomic E-state index is 2.53. The second kappa shape index (κ2) is 23.5. The van der Waals surface area contributed by atoms with E-state index >= 15 is 0 Å². The number of rotatable bonds is 6. The van der Waals surface area contributed by atoms with Gasteiger partial charge in [0.05, 0.1) is 0 Å². The molecule has 0 saturated heterocycles. The zero-order chi connectivity index (χ0) is 72.7. The standard InChI is InChI=1S/C58H42.C50H38/c1-57(2)52-19-10-9-17-46(52)50-33-51-49-31-41(26-27-53(49)58(3,4)55(51)34-54(50)57)37-14-11-13-36(28-37)38-21-22-40-30-42(24-23-39(40)29-38)48-32-43-25-20-35-12-5-6-15-44(35)56(43)47-18-8-7-16-45(47)48;1-49(2)45-15-8-7-14-41(45)43-29-44-42-23-22-40(28-46(42)50(3,4)48(44)30-47(43)49)34-13-9-12-33(25-34)35-18-19-39-27-38(21-20-37(39)26-35)36-17-16-31-10-5-6-11-32(31)24-36/h5-34H,1-4H3;5-30H,1-4H3. The molecule has 18 aromatic rings. The highest BCUT2D eigenvalue weighted by molar-refractivity contribution is 6.23. The molecule has 0 heterocycles. The first-order valence-corrected chi connectivity index (χ1v) is 38.5. The summed E-state index contributed by atoms with van der Waals surface area (Å²) in [4.78, 5) is 0. The Hall–Kier alpha value is -12.5. The van der Waals surface area contributed by atoms with Crippen LogP contribution in [0.5, 0.6) is 0 Å². The van der Waals surface area contributed by atoms with Gasteiger partial charge in [-0.2, -0.15) is 0 Å². The van der Waals surface area contributed by atoms with Crippen LogP contribution in [0.4, 0.5) is 0 Å². The van der Waals surface area contributed by atoms with Crippen LogP contribution in [0.3, 0.4) is 0 Å².